The topological polar surface area (TPSA) is 71.1 Å². The zero-order valence-corrected chi connectivity index (χ0v) is 15.0. The second-order valence-electron chi connectivity index (χ2n) is 6.01. The van der Waals surface area contributed by atoms with Crippen LogP contribution in [0.3, 0.4) is 0 Å². The van der Waals surface area contributed by atoms with Gasteiger partial charge in [0.15, 0.2) is 0 Å². The van der Waals surface area contributed by atoms with Gasteiger partial charge in [0.2, 0.25) is 5.91 Å². The number of amides is 2. The lowest BCUT2D eigenvalue weighted by Crippen LogP contribution is -2.25. The minimum absolute atomic E-state index is 0.0904. The molecule has 0 aliphatic carbocycles. The second-order valence-corrected chi connectivity index (χ2v) is 6.01. The quantitative estimate of drug-likeness (QED) is 0.824. The van der Waals surface area contributed by atoms with Gasteiger partial charge in [-0.05, 0) is 49.6 Å². The first-order valence-electron chi connectivity index (χ1n) is 8.13. The Morgan fingerprint density at radius 2 is 1.92 bits per heavy atom. The van der Waals surface area contributed by atoms with Crippen molar-refractivity contribution in [1.29, 1.82) is 0 Å². The molecule has 0 radical (unpaired) electrons. The van der Waals surface area contributed by atoms with Gasteiger partial charge >= 0.3 is 0 Å². The summed E-state index contributed by atoms with van der Waals surface area (Å²) in [7, 11) is 1.56. The number of nitrogens with one attached hydrogen (secondary N) is 2. The van der Waals surface area contributed by atoms with Crippen molar-refractivity contribution in [3.8, 4) is 0 Å². The van der Waals surface area contributed by atoms with Gasteiger partial charge in [0.25, 0.3) is 5.91 Å². The lowest BCUT2D eigenvalue weighted by molar-refractivity contribution is -0.117. The summed E-state index contributed by atoms with van der Waals surface area (Å²) < 4.78 is 0. The fourth-order valence-electron chi connectivity index (χ4n) is 2.55. The molecule has 0 unspecified atom stereocenters. The molecule has 0 aliphatic heterocycles. The van der Waals surface area contributed by atoms with Crippen LogP contribution in [0.1, 0.15) is 45.6 Å². The van der Waals surface area contributed by atoms with Crippen LogP contribution < -0.4 is 10.6 Å². The molecule has 25 heavy (non-hydrogen) atoms. The van der Waals surface area contributed by atoms with Crippen molar-refractivity contribution in [1.82, 2.24) is 15.6 Å². The van der Waals surface area contributed by atoms with Crippen molar-refractivity contribution in [2.24, 2.45) is 0 Å². The summed E-state index contributed by atoms with van der Waals surface area (Å²) in [5.41, 5.74) is 4.55. The van der Waals surface area contributed by atoms with E-state index in [2.05, 4.69) is 33.8 Å². The molecule has 1 heterocycles. The SMILES string of the molecule is CNC(=O)c1cncc(/C=C\C(=O)N[C@@H](C)c2cc(C)ccc2C)c1. The van der Waals surface area contributed by atoms with Crippen LogP contribution in [-0.2, 0) is 4.79 Å². The third-order valence-corrected chi connectivity index (χ3v) is 3.94. The Kier molecular flexibility index (Phi) is 6.06. The molecule has 2 rings (SSSR count). The number of aromatic nitrogens is 1. The summed E-state index contributed by atoms with van der Waals surface area (Å²) in [4.78, 5) is 27.8. The fourth-order valence-corrected chi connectivity index (χ4v) is 2.55. The molecule has 130 valence electrons. The van der Waals surface area contributed by atoms with Gasteiger partial charge in [0, 0.05) is 25.5 Å². The zero-order chi connectivity index (χ0) is 18.4. The van der Waals surface area contributed by atoms with Crippen LogP contribution in [0.2, 0.25) is 0 Å². The number of rotatable bonds is 5. The van der Waals surface area contributed by atoms with Gasteiger partial charge in [-0.2, -0.15) is 0 Å². The predicted octanol–water partition coefficient (Wildman–Crippen LogP) is 2.95. The molecular formula is C20H23N3O2. The number of carbonyl (C=O) groups excluding carboxylic acids is 2. The molecule has 5 nitrogen and oxygen atoms in total. The third kappa shape index (κ3) is 5.01. The number of nitrogens with zero attached hydrogens (tertiary/aromatic N) is 1. The maximum Gasteiger partial charge on any atom is 0.252 e. The van der Waals surface area contributed by atoms with E-state index in [0.717, 1.165) is 16.7 Å². The number of pyridine rings is 1. The summed E-state index contributed by atoms with van der Waals surface area (Å²) in [5, 5.41) is 5.50. The molecule has 0 spiro atoms. The van der Waals surface area contributed by atoms with Crippen LogP contribution in [0.25, 0.3) is 6.08 Å². The summed E-state index contributed by atoms with van der Waals surface area (Å²) in [6.45, 7) is 6.02. The highest BCUT2D eigenvalue weighted by molar-refractivity contribution is 5.95. The minimum atomic E-state index is -0.212. The van der Waals surface area contributed by atoms with Crippen molar-refractivity contribution >= 4 is 17.9 Å². The highest BCUT2D eigenvalue weighted by Gasteiger charge is 2.10. The fraction of sp³-hybridized carbons (Fsp3) is 0.250. The number of hydrogen-bond donors (Lipinski definition) is 2. The van der Waals surface area contributed by atoms with Crippen LogP contribution in [0.15, 0.2) is 42.7 Å². The Morgan fingerprint density at radius 3 is 2.64 bits per heavy atom. The average Bonchev–Trinajstić information content (AvgIpc) is 2.61. The Bertz CT molecular complexity index is 812. The Balaban J connectivity index is 2.05. The van der Waals surface area contributed by atoms with Gasteiger partial charge in [-0.15, -0.1) is 0 Å². The average molecular weight is 337 g/mol. The molecule has 0 saturated heterocycles. The zero-order valence-electron chi connectivity index (χ0n) is 15.0. The van der Waals surface area contributed by atoms with Gasteiger partial charge in [0.1, 0.15) is 0 Å². The first kappa shape index (κ1) is 18.4. The smallest absolute Gasteiger partial charge is 0.252 e. The third-order valence-electron chi connectivity index (χ3n) is 3.94. The molecule has 1 atom stereocenters. The van der Waals surface area contributed by atoms with Crippen molar-refractivity contribution in [3.63, 3.8) is 0 Å². The second kappa shape index (κ2) is 8.24. The number of aryl methyl sites for hydroxylation is 2. The summed E-state index contributed by atoms with van der Waals surface area (Å²) >= 11 is 0. The summed E-state index contributed by atoms with van der Waals surface area (Å²) in [5.74, 6) is -0.408. The maximum absolute atomic E-state index is 12.2. The Hall–Kier alpha value is -2.95. The van der Waals surface area contributed by atoms with E-state index in [0.29, 0.717) is 11.1 Å². The van der Waals surface area contributed by atoms with E-state index in [1.165, 1.54) is 12.3 Å². The van der Waals surface area contributed by atoms with E-state index in [1.807, 2.05) is 20.8 Å². The minimum Gasteiger partial charge on any atom is -0.355 e. The van der Waals surface area contributed by atoms with Crippen molar-refractivity contribution in [2.75, 3.05) is 7.05 Å². The van der Waals surface area contributed by atoms with E-state index in [1.54, 1.807) is 25.4 Å². The van der Waals surface area contributed by atoms with Gasteiger partial charge < -0.3 is 10.6 Å². The molecule has 1 aromatic carbocycles. The molecule has 0 fully saturated rings. The Morgan fingerprint density at radius 1 is 1.16 bits per heavy atom. The Labute approximate surface area is 148 Å². The summed E-state index contributed by atoms with van der Waals surface area (Å²) in [6, 6.07) is 7.79. The molecular weight excluding hydrogens is 314 g/mol. The van der Waals surface area contributed by atoms with Gasteiger partial charge in [-0.1, -0.05) is 23.8 Å². The van der Waals surface area contributed by atoms with Crippen molar-refractivity contribution in [2.45, 2.75) is 26.8 Å². The van der Waals surface area contributed by atoms with Crippen LogP contribution >= 0.6 is 0 Å². The number of carbonyl (C=O) groups is 2. The molecule has 0 aliphatic rings. The van der Waals surface area contributed by atoms with E-state index in [9.17, 15) is 9.59 Å². The van der Waals surface area contributed by atoms with Crippen molar-refractivity contribution < 1.29 is 9.59 Å². The highest BCUT2D eigenvalue weighted by atomic mass is 16.2. The first-order chi connectivity index (χ1) is 11.9. The van der Waals surface area contributed by atoms with Crippen LogP contribution in [0.5, 0.6) is 0 Å². The molecule has 0 saturated carbocycles. The van der Waals surface area contributed by atoms with Crippen molar-refractivity contribution in [3.05, 3.63) is 70.6 Å². The molecule has 0 bridgehead atoms. The number of hydrogen-bond acceptors (Lipinski definition) is 3. The molecule has 5 heteroatoms. The molecule has 2 N–H and O–H groups in total. The monoisotopic (exact) mass is 337 g/mol. The highest BCUT2D eigenvalue weighted by Crippen LogP contribution is 2.18. The first-order valence-corrected chi connectivity index (χ1v) is 8.13. The van der Waals surface area contributed by atoms with E-state index < -0.39 is 0 Å². The molecule has 1 aromatic heterocycles. The van der Waals surface area contributed by atoms with E-state index in [-0.39, 0.29) is 17.9 Å². The standard InChI is InChI=1S/C20H23N3O2/c1-13-5-6-14(2)18(9-13)15(3)23-19(24)8-7-16-10-17(12-22-11-16)20(25)21-4/h5-12,15H,1-4H3,(H,21,25)(H,23,24)/b8-7-/t15-/m0/s1. The number of benzene rings is 1. The normalized spacial score (nSPS) is 12.0. The van der Waals surface area contributed by atoms with Crippen LogP contribution in [-0.4, -0.2) is 23.8 Å². The largest absolute Gasteiger partial charge is 0.355 e. The van der Waals surface area contributed by atoms with Crippen LogP contribution in [0, 0.1) is 13.8 Å². The van der Waals surface area contributed by atoms with Crippen LogP contribution in [0.4, 0.5) is 0 Å². The van der Waals surface area contributed by atoms with Gasteiger partial charge in [0.05, 0.1) is 11.6 Å². The van der Waals surface area contributed by atoms with E-state index >= 15 is 0 Å². The predicted molar refractivity (Wildman–Crippen MR) is 99.1 cm³/mol. The molecule has 2 amide bonds. The summed E-state index contributed by atoms with van der Waals surface area (Å²) in [6.07, 6.45) is 6.18. The van der Waals surface area contributed by atoms with Gasteiger partial charge in [-0.3, -0.25) is 14.6 Å². The van der Waals surface area contributed by atoms with E-state index in [4.69, 9.17) is 0 Å². The van der Waals surface area contributed by atoms with Gasteiger partial charge in [-0.25, -0.2) is 0 Å². The molecule has 2 aromatic rings. The maximum atomic E-state index is 12.2. The lowest BCUT2D eigenvalue weighted by atomic mass is 10.00. The lowest BCUT2D eigenvalue weighted by Gasteiger charge is -2.16.